The van der Waals surface area contributed by atoms with Crippen LogP contribution in [0.5, 0.6) is 11.5 Å². The van der Waals surface area contributed by atoms with Gasteiger partial charge in [0.2, 0.25) is 0 Å². The van der Waals surface area contributed by atoms with Gasteiger partial charge in [-0.05, 0) is 35.9 Å². The van der Waals surface area contributed by atoms with Gasteiger partial charge < -0.3 is 15.2 Å². The number of pyridine rings is 1. The molecule has 6 heteroatoms. The summed E-state index contributed by atoms with van der Waals surface area (Å²) in [5.74, 6) is 0.223. The third-order valence-electron chi connectivity index (χ3n) is 3.35. The smallest absolute Gasteiger partial charge is 0.270 e. The first-order valence-corrected chi connectivity index (χ1v) is 6.76. The minimum Gasteiger partial charge on any atom is -0.504 e. The minimum atomic E-state index is -0.221. The molecule has 0 saturated carbocycles. The number of hydrogen-bond donors (Lipinski definition) is 2. The van der Waals surface area contributed by atoms with Crippen molar-refractivity contribution in [1.82, 2.24) is 14.9 Å². The third kappa shape index (κ3) is 2.58. The molecule has 0 bridgehead atoms. The van der Waals surface area contributed by atoms with Crippen molar-refractivity contribution in [2.45, 2.75) is 6.54 Å². The fourth-order valence-electron chi connectivity index (χ4n) is 2.23. The number of aromatic hydroxyl groups is 1. The summed E-state index contributed by atoms with van der Waals surface area (Å²) >= 11 is 0. The second kappa shape index (κ2) is 5.77. The largest absolute Gasteiger partial charge is 0.504 e. The first-order valence-electron chi connectivity index (χ1n) is 6.76. The zero-order valence-corrected chi connectivity index (χ0v) is 12.0. The van der Waals surface area contributed by atoms with Crippen molar-refractivity contribution in [3.63, 3.8) is 0 Å². The molecule has 0 saturated heterocycles. The van der Waals surface area contributed by atoms with Crippen LogP contribution in [0.1, 0.15) is 16.1 Å². The molecule has 22 heavy (non-hydrogen) atoms. The Bertz CT molecular complexity index is 826. The highest BCUT2D eigenvalue weighted by molar-refractivity contribution is 5.93. The van der Waals surface area contributed by atoms with E-state index in [1.54, 1.807) is 28.9 Å². The molecular weight excluding hydrogens is 282 g/mol. The number of nitrogens with zero attached hydrogens (tertiary/aromatic N) is 2. The Morgan fingerprint density at radius 1 is 1.32 bits per heavy atom. The lowest BCUT2D eigenvalue weighted by atomic mass is 10.2. The first-order chi connectivity index (χ1) is 10.7. The van der Waals surface area contributed by atoms with Gasteiger partial charge in [0.1, 0.15) is 5.69 Å². The number of benzene rings is 1. The predicted octanol–water partition coefficient (Wildman–Crippen LogP) is 1.98. The maximum atomic E-state index is 12.3. The summed E-state index contributed by atoms with van der Waals surface area (Å²) in [6.45, 7) is 0.327. The normalized spacial score (nSPS) is 10.6. The quantitative estimate of drug-likeness (QED) is 0.772. The van der Waals surface area contributed by atoms with Crippen molar-refractivity contribution < 1.29 is 14.6 Å². The van der Waals surface area contributed by atoms with Crippen molar-refractivity contribution in [2.75, 3.05) is 7.11 Å². The van der Waals surface area contributed by atoms with Gasteiger partial charge in [0.15, 0.2) is 11.5 Å². The lowest BCUT2D eigenvalue weighted by Gasteiger charge is -2.09. The van der Waals surface area contributed by atoms with Crippen LogP contribution in [-0.4, -0.2) is 27.7 Å². The molecule has 112 valence electrons. The van der Waals surface area contributed by atoms with Crippen LogP contribution in [0, 0.1) is 0 Å². The molecule has 0 aliphatic rings. The van der Waals surface area contributed by atoms with Gasteiger partial charge in [-0.15, -0.1) is 0 Å². The number of phenols is 1. The molecule has 0 aliphatic carbocycles. The number of ether oxygens (including phenoxy) is 1. The van der Waals surface area contributed by atoms with Crippen molar-refractivity contribution in [1.29, 1.82) is 0 Å². The molecule has 1 amide bonds. The summed E-state index contributed by atoms with van der Waals surface area (Å²) < 4.78 is 6.64. The Labute approximate surface area is 127 Å². The van der Waals surface area contributed by atoms with E-state index in [0.717, 1.165) is 11.1 Å². The standard InChI is InChI=1S/C16H15N3O3/c1-22-15-9-11(5-6-14(15)20)10-17-16(21)13-4-2-3-12-7-8-18-19(12)13/h2-9,20H,10H2,1H3,(H,17,21). The van der Waals surface area contributed by atoms with Crippen LogP contribution < -0.4 is 10.1 Å². The lowest BCUT2D eigenvalue weighted by molar-refractivity contribution is 0.0943. The van der Waals surface area contributed by atoms with Gasteiger partial charge >= 0.3 is 0 Å². The molecule has 0 fully saturated rings. The highest BCUT2D eigenvalue weighted by Crippen LogP contribution is 2.26. The number of phenolic OH excluding ortho intramolecular Hbond substituents is 1. The van der Waals surface area contributed by atoms with Gasteiger partial charge in [-0.25, -0.2) is 4.52 Å². The number of amides is 1. The Hall–Kier alpha value is -3.02. The number of nitrogens with one attached hydrogen (secondary N) is 1. The summed E-state index contributed by atoms with van der Waals surface area (Å²) in [5.41, 5.74) is 2.16. The molecule has 0 radical (unpaired) electrons. The number of carbonyl (C=O) groups is 1. The Balaban J connectivity index is 1.76. The van der Waals surface area contributed by atoms with E-state index < -0.39 is 0 Å². The highest BCUT2D eigenvalue weighted by Gasteiger charge is 2.10. The number of rotatable bonds is 4. The van der Waals surface area contributed by atoms with Gasteiger partial charge in [-0.2, -0.15) is 5.10 Å². The molecule has 1 aromatic carbocycles. The van der Waals surface area contributed by atoms with E-state index in [4.69, 9.17) is 4.74 Å². The van der Waals surface area contributed by atoms with E-state index in [0.29, 0.717) is 18.0 Å². The van der Waals surface area contributed by atoms with Gasteiger partial charge in [0.25, 0.3) is 5.91 Å². The summed E-state index contributed by atoms with van der Waals surface area (Å²) in [5, 5.41) is 16.5. The fourth-order valence-corrected chi connectivity index (χ4v) is 2.23. The molecule has 2 heterocycles. The van der Waals surface area contributed by atoms with Gasteiger partial charge in [-0.3, -0.25) is 4.79 Å². The molecule has 3 rings (SSSR count). The maximum Gasteiger partial charge on any atom is 0.270 e. The zero-order chi connectivity index (χ0) is 15.5. The van der Waals surface area contributed by atoms with Crippen molar-refractivity contribution in [2.24, 2.45) is 0 Å². The van der Waals surface area contributed by atoms with Crippen LogP contribution in [0.15, 0.2) is 48.7 Å². The van der Waals surface area contributed by atoms with E-state index >= 15 is 0 Å². The number of hydrogen-bond acceptors (Lipinski definition) is 4. The molecule has 0 spiro atoms. The molecular formula is C16H15N3O3. The van der Waals surface area contributed by atoms with Gasteiger partial charge in [0.05, 0.1) is 18.8 Å². The van der Waals surface area contributed by atoms with E-state index in [2.05, 4.69) is 10.4 Å². The molecule has 2 N–H and O–H groups in total. The molecule has 2 aromatic heterocycles. The first kappa shape index (κ1) is 13.9. The topological polar surface area (TPSA) is 75.9 Å². The fraction of sp³-hybridized carbons (Fsp3) is 0.125. The molecule has 0 atom stereocenters. The zero-order valence-electron chi connectivity index (χ0n) is 12.0. The molecule has 0 aliphatic heterocycles. The van der Waals surface area contributed by atoms with Crippen molar-refractivity contribution in [3.8, 4) is 11.5 Å². The average Bonchev–Trinajstić information content (AvgIpc) is 3.02. The average molecular weight is 297 g/mol. The molecule has 6 nitrogen and oxygen atoms in total. The summed E-state index contributed by atoms with van der Waals surface area (Å²) in [6, 6.07) is 12.2. The Kier molecular flexibility index (Phi) is 3.65. The highest BCUT2D eigenvalue weighted by atomic mass is 16.5. The van der Waals surface area contributed by atoms with Crippen LogP contribution in [0.2, 0.25) is 0 Å². The van der Waals surface area contributed by atoms with E-state index in [1.807, 2.05) is 18.2 Å². The van der Waals surface area contributed by atoms with Gasteiger partial charge in [0, 0.05) is 6.54 Å². The predicted molar refractivity (Wildman–Crippen MR) is 81.0 cm³/mol. The monoisotopic (exact) mass is 297 g/mol. The summed E-state index contributed by atoms with van der Waals surface area (Å²) in [6.07, 6.45) is 1.65. The Morgan fingerprint density at radius 2 is 2.18 bits per heavy atom. The lowest BCUT2D eigenvalue weighted by Crippen LogP contribution is -2.25. The van der Waals surface area contributed by atoms with Crippen LogP contribution in [0.4, 0.5) is 0 Å². The number of fused-ring (bicyclic) bond motifs is 1. The van der Waals surface area contributed by atoms with Crippen molar-refractivity contribution in [3.05, 3.63) is 59.9 Å². The van der Waals surface area contributed by atoms with E-state index in [1.165, 1.54) is 13.2 Å². The third-order valence-corrected chi connectivity index (χ3v) is 3.35. The van der Waals surface area contributed by atoms with E-state index in [9.17, 15) is 9.90 Å². The number of aromatic nitrogens is 2. The minimum absolute atomic E-state index is 0.0684. The summed E-state index contributed by atoms with van der Waals surface area (Å²) in [7, 11) is 1.48. The van der Waals surface area contributed by atoms with E-state index in [-0.39, 0.29) is 11.7 Å². The van der Waals surface area contributed by atoms with Crippen LogP contribution >= 0.6 is 0 Å². The van der Waals surface area contributed by atoms with Crippen LogP contribution in [0.25, 0.3) is 5.52 Å². The summed E-state index contributed by atoms with van der Waals surface area (Å²) in [4.78, 5) is 12.3. The molecule has 3 aromatic rings. The van der Waals surface area contributed by atoms with Crippen molar-refractivity contribution >= 4 is 11.4 Å². The number of methoxy groups -OCH3 is 1. The van der Waals surface area contributed by atoms with Gasteiger partial charge in [-0.1, -0.05) is 12.1 Å². The van der Waals surface area contributed by atoms with Crippen LogP contribution in [0.3, 0.4) is 0 Å². The van der Waals surface area contributed by atoms with Crippen LogP contribution in [-0.2, 0) is 6.54 Å². The number of carbonyl (C=O) groups excluding carboxylic acids is 1. The molecule has 0 unspecified atom stereocenters. The SMILES string of the molecule is COc1cc(CNC(=O)c2cccc3ccnn23)ccc1O. The second-order valence-corrected chi connectivity index (χ2v) is 4.77. The second-order valence-electron chi connectivity index (χ2n) is 4.77. The maximum absolute atomic E-state index is 12.3. The Morgan fingerprint density at radius 3 is 3.00 bits per heavy atom.